The Morgan fingerprint density at radius 1 is 1.29 bits per heavy atom. The van der Waals surface area contributed by atoms with Crippen LogP contribution in [0, 0.1) is 0 Å². The maximum Gasteiger partial charge on any atom is 0.164 e. The van der Waals surface area contributed by atoms with Gasteiger partial charge in [0.1, 0.15) is 5.37 Å². The number of rotatable bonds is 3. The standard InChI is InChI=1S/C14H27N3O2S2/c1-16-11-3-4-12(16)8-14(7-11,10-15)17-5-6-20-9-13(17)21(2,18)19/h11-13H,3-10,15H2,1-2H3. The SMILES string of the molecule is CN1C2CCC1CC(CN)(N1CCSCC1S(C)(=O)=O)C2. The van der Waals surface area contributed by atoms with E-state index in [1.165, 1.54) is 19.1 Å². The summed E-state index contributed by atoms with van der Waals surface area (Å²) in [6.45, 7) is 1.42. The van der Waals surface area contributed by atoms with Crippen LogP contribution in [-0.4, -0.2) is 79.1 Å². The highest BCUT2D eigenvalue weighted by Gasteiger charge is 2.52. The molecule has 0 spiro atoms. The largest absolute Gasteiger partial charge is 0.329 e. The quantitative estimate of drug-likeness (QED) is 0.804. The van der Waals surface area contributed by atoms with E-state index in [4.69, 9.17) is 5.73 Å². The zero-order valence-electron chi connectivity index (χ0n) is 13.0. The molecule has 122 valence electrons. The number of hydrogen-bond acceptors (Lipinski definition) is 6. The molecule has 0 aliphatic carbocycles. The van der Waals surface area contributed by atoms with Crippen molar-refractivity contribution < 1.29 is 8.42 Å². The molecule has 5 nitrogen and oxygen atoms in total. The molecule has 3 saturated heterocycles. The van der Waals surface area contributed by atoms with Gasteiger partial charge in [0.25, 0.3) is 0 Å². The molecule has 3 atom stereocenters. The van der Waals surface area contributed by atoms with Crippen LogP contribution in [0.4, 0.5) is 0 Å². The van der Waals surface area contributed by atoms with E-state index < -0.39 is 9.84 Å². The van der Waals surface area contributed by atoms with Crippen molar-refractivity contribution in [1.82, 2.24) is 9.80 Å². The van der Waals surface area contributed by atoms with Gasteiger partial charge >= 0.3 is 0 Å². The monoisotopic (exact) mass is 333 g/mol. The van der Waals surface area contributed by atoms with Crippen LogP contribution in [0.2, 0.25) is 0 Å². The summed E-state index contributed by atoms with van der Waals surface area (Å²) in [5.41, 5.74) is 6.09. The number of nitrogens with two attached hydrogens (primary N) is 1. The number of nitrogens with zero attached hydrogens (tertiary/aromatic N) is 2. The predicted octanol–water partition coefficient (Wildman–Crippen LogP) is 0.360. The molecule has 7 heteroatoms. The average Bonchev–Trinajstić information content (AvgIpc) is 2.68. The van der Waals surface area contributed by atoms with Gasteiger partial charge in [0.15, 0.2) is 9.84 Å². The highest BCUT2D eigenvalue weighted by Crippen LogP contribution is 2.44. The fraction of sp³-hybridized carbons (Fsp3) is 1.00. The zero-order chi connectivity index (χ0) is 15.3. The summed E-state index contributed by atoms with van der Waals surface area (Å²) in [6, 6.07) is 1.14. The van der Waals surface area contributed by atoms with E-state index in [2.05, 4.69) is 16.8 Å². The molecular weight excluding hydrogens is 306 g/mol. The molecule has 21 heavy (non-hydrogen) atoms. The van der Waals surface area contributed by atoms with Gasteiger partial charge in [0, 0.05) is 48.5 Å². The van der Waals surface area contributed by atoms with E-state index in [1.54, 1.807) is 11.8 Å². The third-order valence-corrected chi connectivity index (χ3v) is 8.43. The average molecular weight is 334 g/mol. The first kappa shape index (κ1) is 16.1. The second-order valence-corrected chi connectivity index (χ2v) is 10.3. The van der Waals surface area contributed by atoms with Gasteiger partial charge in [-0.3, -0.25) is 4.90 Å². The molecule has 3 rings (SSSR count). The third kappa shape index (κ3) is 2.76. The van der Waals surface area contributed by atoms with Crippen molar-refractivity contribution in [3.05, 3.63) is 0 Å². The molecule has 3 aliphatic heterocycles. The van der Waals surface area contributed by atoms with Gasteiger partial charge in [0.2, 0.25) is 0 Å². The Labute approximate surface area is 132 Å². The fourth-order valence-electron chi connectivity index (χ4n) is 4.54. The Hall–Kier alpha value is 0.180. The van der Waals surface area contributed by atoms with Gasteiger partial charge in [-0.15, -0.1) is 0 Å². The number of hydrogen-bond donors (Lipinski definition) is 1. The first-order valence-electron chi connectivity index (χ1n) is 7.83. The molecule has 2 N–H and O–H groups in total. The normalized spacial score (nSPS) is 42.3. The van der Waals surface area contributed by atoms with Crippen LogP contribution in [0.25, 0.3) is 0 Å². The van der Waals surface area contributed by atoms with Crippen molar-refractivity contribution in [2.75, 3.05) is 37.9 Å². The maximum absolute atomic E-state index is 12.2. The highest BCUT2D eigenvalue weighted by atomic mass is 32.2. The topological polar surface area (TPSA) is 66.6 Å². The summed E-state index contributed by atoms with van der Waals surface area (Å²) < 4.78 is 24.5. The molecule has 0 amide bonds. The Bertz CT molecular complexity index is 482. The van der Waals surface area contributed by atoms with Gasteiger partial charge in [0.05, 0.1) is 0 Å². The van der Waals surface area contributed by atoms with Crippen LogP contribution in [0.5, 0.6) is 0 Å². The molecule has 3 unspecified atom stereocenters. The van der Waals surface area contributed by atoms with Gasteiger partial charge in [-0.2, -0.15) is 11.8 Å². The van der Waals surface area contributed by atoms with Crippen LogP contribution in [-0.2, 0) is 9.84 Å². The van der Waals surface area contributed by atoms with Crippen LogP contribution < -0.4 is 5.73 Å². The van der Waals surface area contributed by atoms with Crippen molar-refractivity contribution in [1.29, 1.82) is 0 Å². The second kappa shape index (κ2) is 5.67. The molecule has 3 aliphatic rings. The lowest BCUT2D eigenvalue weighted by Crippen LogP contribution is -2.67. The Morgan fingerprint density at radius 2 is 1.90 bits per heavy atom. The summed E-state index contributed by atoms with van der Waals surface area (Å²) in [6.07, 6.45) is 5.88. The van der Waals surface area contributed by atoms with E-state index in [1.807, 2.05) is 0 Å². The summed E-state index contributed by atoms with van der Waals surface area (Å²) in [4.78, 5) is 4.75. The highest BCUT2D eigenvalue weighted by molar-refractivity contribution is 8.00. The first-order valence-corrected chi connectivity index (χ1v) is 10.9. The van der Waals surface area contributed by atoms with Gasteiger partial charge in [-0.05, 0) is 32.7 Å². The minimum Gasteiger partial charge on any atom is -0.329 e. The van der Waals surface area contributed by atoms with Gasteiger partial charge < -0.3 is 10.6 Å². The molecule has 0 aromatic rings. The molecule has 3 heterocycles. The van der Waals surface area contributed by atoms with Gasteiger partial charge in [-0.25, -0.2) is 8.42 Å². The van der Waals surface area contributed by atoms with Crippen molar-refractivity contribution in [2.45, 2.75) is 48.7 Å². The molecule has 0 saturated carbocycles. The van der Waals surface area contributed by atoms with Crippen molar-refractivity contribution in [3.8, 4) is 0 Å². The predicted molar refractivity (Wildman–Crippen MR) is 88.3 cm³/mol. The number of piperidine rings is 1. The zero-order valence-corrected chi connectivity index (χ0v) is 14.6. The summed E-state index contributed by atoms with van der Waals surface area (Å²) in [5.74, 6) is 1.70. The molecule has 0 radical (unpaired) electrons. The van der Waals surface area contributed by atoms with Crippen LogP contribution in [0.1, 0.15) is 25.7 Å². The lowest BCUT2D eigenvalue weighted by Gasteiger charge is -2.54. The number of thioether (sulfide) groups is 1. The Morgan fingerprint density at radius 3 is 2.43 bits per heavy atom. The van der Waals surface area contributed by atoms with Gasteiger partial charge in [-0.1, -0.05) is 0 Å². The molecule has 2 bridgehead atoms. The minimum atomic E-state index is -3.06. The summed E-state index contributed by atoms with van der Waals surface area (Å²) in [5, 5.41) is -0.359. The van der Waals surface area contributed by atoms with Crippen LogP contribution in [0.3, 0.4) is 0 Å². The van der Waals surface area contributed by atoms with Crippen molar-refractivity contribution >= 4 is 21.6 Å². The summed E-state index contributed by atoms with van der Waals surface area (Å²) >= 11 is 1.75. The van der Waals surface area contributed by atoms with E-state index in [-0.39, 0.29) is 10.9 Å². The molecular formula is C14H27N3O2S2. The number of fused-ring (bicyclic) bond motifs is 2. The Balaban J connectivity index is 1.91. The lowest BCUT2D eigenvalue weighted by atomic mass is 9.81. The van der Waals surface area contributed by atoms with E-state index in [9.17, 15) is 8.42 Å². The van der Waals surface area contributed by atoms with E-state index in [0.29, 0.717) is 24.4 Å². The minimum absolute atomic E-state index is 0.118. The second-order valence-electron chi connectivity index (χ2n) is 6.94. The van der Waals surface area contributed by atoms with Crippen molar-refractivity contribution in [2.24, 2.45) is 5.73 Å². The number of sulfone groups is 1. The summed E-state index contributed by atoms with van der Waals surface area (Å²) in [7, 11) is -0.854. The fourth-order valence-corrected chi connectivity index (χ4v) is 7.48. The van der Waals surface area contributed by atoms with Crippen LogP contribution in [0.15, 0.2) is 0 Å². The van der Waals surface area contributed by atoms with E-state index in [0.717, 1.165) is 25.1 Å². The maximum atomic E-state index is 12.2. The van der Waals surface area contributed by atoms with E-state index >= 15 is 0 Å². The molecule has 0 aromatic heterocycles. The van der Waals surface area contributed by atoms with Crippen molar-refractivity contribution in [3.63, 3.8) is 0 Å². The Kier molecular flexibility index (Phi) is 4.34. The molecule has 3 fully saturated rings. The lowest BCUT2D eigenvalue weighted by molar-refractivity contribution is -0.00172. The smallest absolute Gasteiger partial charge is 0.164 e. The third-order valence-electron chi connectivity index (χ3n) is 5.78. The molecule has 0 aromatic carbocycles. The first-order chi connectivity index (χ1) is 9.87. The van der Waals surface area contributed by atoms with Crippen LogP contribution >= 0.6 is 11.8 Å².